The second kappa shape index (κ2) is 13.8. The molecule has 0 bridgehead atoms. The molecular formula is C42H48N2O9. The molecule has 2 atom stereocenters. The normalized spacial score (nSPS) is 18.4. The molecule has 0 saturated carbocycles. The smallest absolute Gasteiger partial charge is 0.204 e. The molecule has 0 amide bonds. The molecule has 0 radical (unpaired) electrons. The Morgan fingerprint density at radius 1 is 0.509 bits per heavy atom. The zero-order valence-electron chi connectivity index (χ0n) is 32.1. The van der Waals surface area contributed by atoms with Crippen LogP contribution < -0.4 is 42.6 Å². The van der Waals surface area contributed by atoms with Crippen LogP contribution in [0.3, 0.4) is 0 Å². The zero-order valence-corrected chi connectivity index (χ0v) is 32.1. The maximum absolute atomic E-state index is 7.06. The van der Waals surface area contributed by atoms with Gasteiger partial charge >= 0.3 is 0 Å². The highest BCUT2D eigenvalue weighted by Gasteiger charge is 2.41. The first-order valence-corrected chi connectivity index (χ1v) is 18.0. The average Bonchev–Trinajstić information content (AvgIpc) is 3.19. The molecular weight excluding hydrogens is 676 g/mol. The van der Waals surface area contributed by atoms with Crippen LogP contribution in [0.4, 0.5) is 0 Å². The summed E-state index contributed by atoms with van der Waals surface area (Å²) in [6.45, 7) is 2.56. The second-order valence-corrected chi connectivity index (χ2v) is 14.0. The quantitative estimate of drug-likeness (QED) is 0.170. The molecule has 53 heavy (non-hydrogen) atoms. The third-order valence-corrected chi connectivity index (χ3v) is 11.7. The van der Waals surface area contributed by atoms with E-state index < -0.39 is 0 Å². The number of hydrogen-bond donors (Lipinski definition) is 0. The molecule has 11 heteroatoms. The van der Waals surface area contributed by atoms with Crippen molar-refractivity contribution in [3.05, 3.63) is 69.3 Å². The Bertz CT molecular complexity index is 2100. The van der Waals surface area contributed by atoms with Crippen LogP contribution in [-0.2, 0) is 32.2 Å². The van der Waals surface area contributed by atoms with Crippen molar-refractivity contribution in [2.24, 2.45) is 0 Å². The van der Waals surface area contributed by atoms with Gasteiger partial charge in [0.25, 0.3) is 0 Å². The average molecular weight is 725 g/mol. The monoisotopic (exact) mass is 724 g/mol. The molecule has 4 aromatic carbocycles. The molecule has 8 rings (SSSR count). The summed E-state index contributed by atoms with van der Waals surface area (Å²) in [5.74, 6) is 6.45. The molecule has 3 heterocycles. The van der Waals surface area contributed by atoms with E-state index in [0.717, 1.165) is 89.5 Å². The molecule has 1 aliphatic carbocycles. The Hall–Kier alpha value is -5.00. The van der Waals surface area contributed by atoms with E-state index in [-0.39, 0.29) is 12.1 Å². The van der Waals surface area contributed by atoms with Gasteiger partial charge in [0.15, 0.2) is 46.0 Å². The third kappa shape index (κ3) is 5.38. The van der Waals surface area contributed by atoms with Crippen LogP contribution in [0.2, 0.25) is 0 Å². The Morgan fingerprint density at radius 3 is 1.83 bits per heavy atom. The van der Waals surface area contributed by atoms with Crippen molar-refractivity contribution in [1.29, 1.82) is 0 Å². The van der Waals surface area contributed by atoms with Gasteiger partial charge in [-0.15, -0.1) is 0 Å². The lowest BCUT2D eigenvalue weighted by atomic mass is 9.76. The van der Waals surface area contributed by atoms with Crippen LogP contribution in [0, 0.1) is 0 Å². The van der Waals surface area contributed by atoms with Gasteiger partial charge in [-0.05, 0) is 96.4 Å². The summed E-state index contributed by atoms with van der Waals surface area (Å²) in [5.41, 5.74) is 10.2. The molecule has 280 valence electrons. The fourth-order valence-corrected chi connectivity index (χ4v) is 9.16. The fraction of sp³-hybridized carbons (Fsp3) is 0.429. The van der Waals surface area contributed by atoms with E-state index >= 15 is 0 Å². The first kappa shape index (κ1) is 35.1. The SMILES string of the molecule is COc1cc2c(cc1OC)[C@H]1Cc3c(cc(OC)c(OC)c3Oc3cc4c(cc3OC)-c3c(OC)c(OC)c(OC)c5c3[C@H](C4)N(C)CC5)CN1CC2. The Morgan fingerprint density at radius 2 is 1.15 bits per heavy atom. The number of benzene rings is 4. The highest BCUT2D eigenvalue weighted by Crippen LogP contribution is 2.59. The van der Waals surface area contributed by atoms with Crippen LogP contribution in [0.25, 0.3) is 11.1 Å². The summed E-state index contributed by atoms with van der Waals surface area (Å²) in [6.07, 6.45) is 3.26. The number of rotatable bonds is 10. The molecule has 0 saturated heterocycles. The molecule has 0 N–H and O–H groups in total. The molecule has 11 nitrogen and oxygen atoms in total. The van der Waals surface area contributed by atoms with Crippen LogP contribution in [0.1, 0.15) is 51.0 Å². The first-order chi connectivity index (χ1) is 25.8. The number of likely N-dealkylation sites (N-methyl/N-ethyl adjacent to an activating group) is 1. The fourth-order valence-electron chi connectivity index (χ4n) is 9.16. The Kier molecular flexibility index (Phi) is 9.10. The summed E-state index contributed by atoms with van der Waals surface area (Å²) < 4.78 is 54.6. The van der Waals surface area contributed by atoms with Crippen molar-refractivity contribution in [3.63, 3.8) is 0 Å². The molecule has 3 aliphatic heterocycles. The summed E-state index contributed by atoms with van der Waals surface area (Å²) in [7, 11) is 15.6. The molecule has 0 unspecified atom stereocenters. The van der Waals surface area contributed by atoms with E-state index in [2.05, 4.69) is 47.2 Å². The molecule has 4 aliphatic rings. The van der Waals surface area contributed by atoms with E-state index in [1.807, 2.05) is 0 Å². The van der Waals surface area contributed by atoms with Crippen molar-refractivity contribution in [2.45, 2.75) is 44.3 Å². The van der Waals surface area contributed by atoms with Gasteiger partial charge in [0.05, 0.1) is 56.9 Å². The van der Waals surface area contributed by atoms with E-state index in [9.17, 15) is 0 Å². The molecule has 0 aromatic heterocycles. The van der Waals surface area contributed by atoms with Crippen molar-refractivity contribution in [2.75, 3.05) is 77.0 Å². The Labute approximate surface area is 311 Å². The van der Waals surface area contributed by atoms with Gasteiger partial charge in [0.2, 0.25) is 11.5 Å². The summed E-state index contributed by atoms with van der Waals surface area (Å²) in [4.78, 5) is 4.93. The van der Waals surface area contributed by atoms with E-state index in [4.69, 9.17) is 42.6 Å². The van der Waals surface area contributed by atoms with Gasteiger partial charge in [0.1, 0.15) is 0 Å². The van der Waals surface area contributed by atoms with E-state index in [0.29, 0.717) is 46.7 Å². The highest BCUT2D eigenvalue weighted by molar-refractivity contribution is 5.87. The van der Waals surface area contributed by atoms with E-state index in [1.54, 1.807) is 56.9 Å². The number of ether oxygens (including phenoxy) is 9. The van der Waals surface area contributed by atoms with Crippen LogP contribution in [0.15, 0.2) is 30.3 Å². The number of nitrogens with zero attached hydrogens (tertiary/aromatic N) is 2. The molecule has 0 fully saturated rings. The van der Waals surface area contributed by atoms with Crippen LogP contribution in [-0.4, -0.2) is 86.8 Å². The predicted octanol–water partition coefficient (Wildman–Crippen LogP) is 6.96. The van der Waals surface area contributed by atoms with Crippen molar-refractivity contribution in [1.82, 2.24) is 9.80 Å². The van der Waals surface area contributed by atoms with Gasteiger partial charge in [-0.2, -0.15) is 0 Å². The first-order valence-electron chi connectivity index (χ1n) is 18.0. The van der Waals surface area contributed by atoms with Gasteiger partial charge in [-0.3, -0.25) is 9.80 Å². The number of fused-ring (bicyclic) bond motifs is 6. The minimum atomic E-state index is 0.114. The Balaban J connectivity index is 1.27. The molecule has 0 spiro atoms. The van der Waals surface area contributed by atoms with Gasteiger partial charge in [-0.1, -0.05) is 0 Å². The van der Waals surface area contributed by atoms with Crippen LogP contribution in [0.5, 0.6) is 57.5 Å². The van der Waals surface area contributed by atoms with Gasteiger partial charge in [0, 0.05) is 48.4 Å². The predicted molar refractivity (Wildman–Crippen MR) is 201 cm³/mol. The maximum Gasteiger partial charge on any atom is 0.204 e. The van der Waals surface area contributed by atoms with Gasteiger partial charge < -0.3 is 42.6 Å². The lowest BCUT2D eigenvalue weighted by molar-refractivity contribution is 0.158. The summed E-state index contributed by atoms with van der Waals surface area (Å²) >= 11 is 0. The standard InChI is InChI=1S/C42H48N2O9/c1-43-12-11-25-36-30(43)14-23-16-34(33(47-4)20-27(23)37(36)41(51-8)42(52-9)38(25)49-6)53-39-28-18-29-26-19-32(46-3)31(45-2)15-22(26)10-13-44(29)21-24(28)17-35(48-5)40(39)50-7/h15-17,19-20,29-30H,10-14,18,21H2,1-9H3/t29-,30+/m1/s1. The lowest BCUT2D eigenvalue weighted by Crippen LogP contribution is -2.39. The minimum Gasteiger partial charge on any atom is -0.493 e. The van der Waals surface area contributed by atoms with Crippen molar-refractivity contribution < 1.29 is 42.6 Å². The van der Waals surface area contributed by atoms with Gasteiger partial charge in [-0.25, -0.2) is 0 Å². The summed E-state index contributed by atoms with van der Waals surface area (Å²) in [6, 6.07) is 10.8. The van der Waals surface area contributed by atoms with Crippen molar-refractivity contribution >= 4 is 0 Å². The van der Waals surface area contributed by atoms with Crippen molar-refractivity contribution in [3.8, 4) is 68.6 Å². The zero-order chi connectivity index (χ0) is 37.1. The lowest BCUT2D eigenvalue weighted by Gasteiger charge is -2.42. The summed E-state index contributed by atoms with van der Waals surface area (Å²) in [5, 5.41) is 0. The second-order valence-electron chi connectivity index (χ2n) is 14.0. The minimum absolute atomic E-state index is 0.114. The molecule has 4 aromatic rings. The topological polar surface area (TPSA) is 89.6 Å². The number of methoxy groups -OCH3 is 8. The third-order valence-electron chi connectivity index (χ3n) is 11.7. The van der Waals surface area contributed by atoms with Crippen LogP contribution >= 0.6 is 0 Å². The number of hydrogen-bond acceptors (Lipinski definition) is 11. The highest BCUT2D eigenvalue weighted by atomic mass is 16.6. The largest absolute Gasteiger partial charge is 0.493 e. The van der Waals surface area contributed by atoms with E-state index in [1.165, 1.54) is 16.7 Å². The maximum atomic E-state index is 7.06.